The predicted molar refractivity (Wildman–Crippen MR) is 64.9 cm³/mol. The lowest BCUT2D eigenvalue weighted by molar-refractivity contribution is -0.144. The highest BCUT2D eigenvalue weighted by Gasteiger charge is 2.16. The van der Waals surface area contributed by atoms with Crippen molar-refractivity contribution in [3.05, 3.63) is 30.1 Å². The third-order valence-corrected chi connectivity index (χ3v) is 2.12. The Bertz CT molecular complexity index is 510. The molecule has 1 N–H and O–H groups in total. The molecule has 0 spiro atoms. The molecule has 100 valence electrons. The first-order chi connectivity index (χ1) is 9.02. The zero-order chi connectivity index (χ0) is 14.3. The molecule has 0 aliphatic rings. The van der Waals surface area contributed by atoms with Crippen molar-refractivity contribution in [2.75, 3.05) is 19.7 Å². The number of carbonyl (C=O) groups is 2. The molecule has 0 atom stereocenters. The average molecular weight is 265 g/mol. The number of terminal acetylenes is 1. The van der Waals surface area contributed by atoms with Gasteiger partial charge in [-0.3, -0.25) is 9.59 Å². The SMILES string of the molecule is C#CCN(CC(=O)O)C(=O)COc1cccc(F)c1. The second kappa shape index (κ2) is 7.01. The topological polar surface area (TPSA) is 66.8 Å². The summed E-state index contributed by atoms with van der Waals surface area (Å²) in [5, 5.41) is 8.63. The number of ether oxygens (including phenoxy) is 1. The number of carboxylic acids is 1. The normalized spacial score (nSPS) is 9.47. The molecular formula is C13H12FNO4. The molecule has 6 heteroatoms. The van der Waals surface area contributed by atoms with Gasteiger partial charge in [0.25, 0.3) is 5.91 Å². The van der Waals surface area contributed by atoms with Crippen molar-refractivity contribution in [3.63, 3.8) is 0 Å². The Morgan fingerprint density at radius 3 is 2.79 bits per heavy atom. The highest BCUT2D eigenvalue weighted by molar-refractivity contribution is 5.82. The van der Waals surface area contributed by atoms with Crippen LogP contribution in [-0.4, -0.2) is 41.6 Å². The lowest BCUT2D eigenvalue weighted by Gasteiger charge is -2.18. The van der Waals surface area contributed by atoms with Gasteiger partial charge in [-0.1, -0.05) is 12.0 Å². The van der Waals surface area contributed by atoms with Gasteiger partial charge in [0, 0.05) is 6.07 Å². The van der Waals surface area contributed by atoms with Crippen LogP contribution in [0.5, 0.6) is 5.75 Å². The van der Waals surface area contributed by atoms with Crippen LogP contribution in [0.2, 0.25) is 0 Å². The summed E-state index contributed by atoms with van der Waals surface area (Å²) in [6, 6.07) is 5.28. The standard InChI is InChI=1S/C13H12FNO4/c1-2-6-15(8-13(17)18)12(16)9-19-11-5-3-4-10(14)7-11/h1,3-5,7H,6,8-9H2,(H,17,18). The van der Waals surface area contributed by atoms with Crippen LogP contribution in [0.25, 0.3) is 0 Å². The Hall–Kier alpha value is -2.55. The summed E-state index contributed by atoms with van der Waals surface area (Å²) in [6.07, 6.45) is 5.04. The molecule has 0 aromatic heterocycles. The summed E-state index contributed by atoms with van der Waals surface area (Å²) in [5.41, 5.74) is 0. The Morgan fingerprint density at radius 1 is 1.47 bits per heavy atom. The van der Waals surface area contributed by atoms with Crippen LogP contribution in [0.4, 0.5) is 4.39 Å². The number of aliphatic carboxylic acids is 1. The fourth-order valence-electron chi connectivity index (χ4n) is 1.30. The Labute approximate surface area is 109 Å². The third-order valence-electron chi connectivity index (χ3n) is 2.12. The maximum Gasteiger partial charge on any atom is 0.323 e. The minimum absolute atomic E-state index is 0.127. The van der Waals surface area contributed by atoms with Crippen LogP contribution in [0.15, 0.2) is 24.3 Å². The maximum atomic E-state index is 12.9. The smallest absolute Gasteiger partial charge is 0.323 e. The molecule has 5 nitrogen and oxygen atoms in total. The number of carbonyl (C=O) groups excluding carboxylic acids is 1. The first-order valence-corrected chi connectivity index (χ1v) is 5.34. The molecule has 1 aromatic rings. The summed E-state index contributed by atoms with van der Waals surface area (Å²) in [7, 11) is 0. The first kappa shape index (κ1) is 14.5. The molecule has 0 unspecified atom stereocenters. The number of carboxylic acid groups (broad SMARTS) is 1. The van der Waals surface area contributed by atoms with Gasteiger partial charge < -0.3 is 14.7 Å². The van der Waals surface area contributed by atoms with Crippen LogP contribution in [-0.2, 0) is 9.59 Å². The van der Waals surface area contributed by atoms with Crippen molar-refractivity contribution < 1.29 is 23.8 Å². The fourth-order valence-corrected chi connectivity index (χ4v) is 1.30. The maximum absolute atomic E-state index is 12.9. The van der Waals surface area contributed by atoms with E-state index < -0.39 is 30.8 Å². The zero-order valence-electron chi connectivity index (χ0n) is 10.0. The molecule has 0 aliphatic carbocycles. The monoisotopic (exact) mass is 265 g/mol. The number of nitrogens with zero attached hydrogens (tertiary/aromatic N) is 1. The fraction of sp³-hybridized carbons (Fsp3) is 0.231. The van der Waals surface area contributed by atoms with Crippen molar-refractivity contribution in [1.29, 1.82) is 0 Å². The van der Waals surface area contributed by atoms with Crippen molar-refractivity contribution in [2.24, 2.45) is 0 Å². The lowest BCUT2D eigenvalue weighted by Crippen LogP contribution is -2.38. The Morgan fingerprint density at radius 2 is 2.21 bits per heavy atom. The number of benzene rings is 1. The number of hydrogen-bond donors (Lipinski definition) is 1. The van der Waals surface area contributed by atoms with Crippen LogP contribution < -0.4 is 4.74 Å². The van der Waals surface area contributed by atoms with Gasteiger partial charge in [0.05, 0.1) is 6.54 Å². The molecule has 0 bridgehead atoms. The van der Waals surface area contributed by atoms with E-state index in [1.807, 2.05) is 0 Å². The van der Waals surface area contributed by atoms with E-state index in [2.05, 4.69) is 5.92 Å². The van der Waals surface area contributed by atoms with Crippen LogP contribution in [0, 0.1) is 18.2 Å². The van der Waals surface area contributed by atoms with E-state index >= 15 is 0 Å². The first-order valence-electron chi connectivity index (χ1n) is 5.34. The van der Waals surface area contributed by atoms with E-state index in [9.17, 15) is 14.0 Å². The van der Waals surface area contributed by atoms with Crippen molar-refractivity contribution in [1.82, 2.24) is 4.90 Å². The second-order valence-corrected chi connectivity index (χ2v) is 3.59. The summed E-state index contributed by atoms with van der Waals surface area (Å²) >= 11 is 0. The predicted octanol–water partition coefficient (Wildman–Crippen LogP) is 0.751. The van der Waals surface area contributed by atoms with E-state index in [-0.39, 0.29) is 12.3 Å². The zero-order valence-corrected chi connectivity index (χ0v) is 10.0. The summed E-state index contributed by atoms with van der Waals surface area (Å²) in [5.74, 6) is 0.131. The minimum atomic E-state index is -1.17. The van der Waals surface area contributed by atoms with Crippen LogP contribution in [0.1, 0.15) is 0 Å². The Balaban J connectivity index is 2.57. The van der Waals surface area contributed by atoms with E-state index in [0.717, 1.165) is 11.0 Å². The molecule has 1 aromatic carbocycles. The molecule has 0 aliphatic heterocycles. The third kappa shape index (κ3) is 5.08. The number of amides is 1. The second-order valence-electron chi connectivity index (χ2n) is 3.59. The van der Waals surface area contributed by atoms with Gasteiger partial charge in [0.2, 0.25) is 0 Å². The van der Waals surface area contributed by atoms with E-state index in [0.29, 0.717) is 0 Å². The van der Waals surface area contributed by atoms with Gasteiger partial charge in [0.15, 0.2) is 6.61 Å². The van der Waals surface area contributed by atoms with Gasteiger partial charge in [-0.05, 0) is 12.1 Å². The Kier molecular flexibility index (Phi) is 5.35. The van der Waals surface area contributed by atoms with Gasteiger partial charge in [-0.15, -0.1) is 6.42 Å². The quantitative estimate of drug-likeness (QED) is 0.771. The highest BCUT2D eigenvalue weighted by Crippen LogP contribution is 2.11. The summed E-state index contributed by atoms with van der Waals surface area (Å²) < 4.78 is 17.9. The molecule has 0 saturated heterocycles. The van der Waals surface area contributed by atoms with E-state index in [1.54, 1.807) is 0 Å². The summed E-state index contributed by atoms with van der Waals surface area (Å²) in [4.78, 5) is 23.2. The molecule has 1 rings (SSSR count). The molecule has 0 saturated carbocycles. The van der Waals surface area contributed by atoms with Crippen molar-refractivity contribution in [3.8, 4) is 18.1 Å². The minimum Gasteiger partial charge on any atom is -0.484 e. The number of hydrogen-bond acceptors (Lipinski definition) is 3. The van der Waals surface area contributed by atoms with Gasteiger partial charge in [0.1, 0.15) is 18.1 Å². The van der Waals surface area contributed by atoms with Crippen molar-refractivity contribution >= 4 is 11.9 Å². The van der Waals surface area contributed by atoms with Crippen LogP contribution in [0.3, 0.4) is 0 Å². The lowest BCUT2D eigenvalue weighted by atomic mass is 10.3. The molecule has 0 radical (unpaired) electrons. The van der Waals surface area contributed by atoms with E-state index in [4.69, 9.17) is 16.3 Å². The highest BCUT2D eigenvalue weighted by atomic mass is 19.1. The molecule has 0 fully saturated rings. The number of halogens is 1. The molecule has 0 heterocycles. The van der Waals surface area contributed by atoms with Gasteiger partial charge >= 0.3 is 5.97 Å². The van der Waals surface area contributed by atoms with E-state index in [1.165, 1.54) is 18.2 Å². The number of rotatable bonds is 6. The van der Waals surface area contributed by atoms with Crippen LogP contribution >= 0.6 is 0 Å². The summed E-state index contributed by atoms with van der Waals surface area (Å²) in [6.45, 7) is -1.04. The molecular weight excluding hydrogens is 253 g/mol. The van der Waals surface area contributed by atoms with Gasteiger partial charge in [-0.2, -0.15) is 0 Å². The largest absolute Gasteiger partial charge is 0.484 e. The molecule has 19 heavy (non-hydrogen) atoms. The van der Waals surface area contributed by atoms with Crippen molar-refractivity contribution in [2.45, 2.75) is 0 Å². The average Bonchev–Trinajstić information content (AvgIpc) is 2.35. The molecule has 1 amide bonds. The van der Waals surface area contributed by atoms with Gasteiger partial charge in [-0.25, -0.2) is 4.39 Å².